The third kappa shape index (κ3) is 3.99. The third-order valence-corrected chi connectivity index (χ3v) is 3.40. The minimum absolute atomic E-state index is 0.431. The van der Waals surface area contributed by atoms with Crippen molar-refractivity contribution < 1.29 is 9.84 Å². The Morgan fingerprint density at radius 2 is 2.00 bits per heavy atom. The maximum atomic E-state index is 10.2. The summed E-state index contributed by atoms with van der Waals surface area (Å²) >= 11 is 3.41. The highest BCUT2D eigenvalue weighted by molar-refractivity contribution is 9.10. The van der Waals surface area contributed by atoms with Crippen LogP contribution in [0.3, 0.4) is 0 Å². The van der Waals surface area contributed by atoms with Gasteiger partial charge in [-0.3, -0.25) is 0 Å². The number of hydrogen-bond acceptors (Lipinski definition) is 3. The molecule has 2 rings (SSSR count). The monoisotopic (exact) mass is 335 g/mol. The normalized spacial score (nSPS) is 11.9. The van der Waals surface area contributed by atoms with Gasteiger partial charge in [0.1, 0.15) is 5.75 Å². The van der Waals surface area contributed by atoms with Gasteiger partial charge in [-0.15, -0.1) is 0 Å². The fourth-order valence-electron chi connectivity index (χ4n) is 1.93. The molecule has 3 nitrogen and oxygen atoms in total. The molecule has 1 atom stereocenters. The molecule has 0 aromatic heterocycles. The molecule has 0 spiro atoms. The van der Waals surface area contributed by atoms with E-state index in [9.17, 15) is 5.11 Å². The van der Waals surface area contributed by atoms with Crippen molar-refractivity contribution in [2.45, 2.75) is 13.0 Å². The van der Waals surface area contributed by atoms with E-state index in [1.807, 2.05) is 55.5 Å². The minimum Gasteiger partial charge on any atom is -0.492 e. The van der Waals surface area contributed by atoms with Crippen LogP contribution in [0.2, 0.25) is 0 Å². The quantitative estimate of drug-likeness (QED) is 0.838. The largest absolute Gasteiger partial charge is 0.492 e. The van der Waals surface area contributed by atoms with E-state index < -0.39 is 6.10 Å². The van der Waals surface area contributed by atoms with Crippen LogP contribution in [0.25, 0.3) is 0 Å². The van der Waals surface area contributed by atoms with Gasteiger partial charge < -0.3 is 15.2 Å². The molecule has 0 aliphatic rings. The lowest BCUT2D eigenvalue weighted by Gasteiger charge is -2.16. The van der Waals surface area contributed by atoms with E-state index in [2.05, 4.69) is 21.2 Å². The molecule has 2 N–H and O–H groups in total. The van der Waals surface area contributed by atoms with E-state index in [-0.39, 0.29) is 0 Å². The summed E-state index contributed by atoms with van der Waals surface area (Å²) in [6.07, 6.45) is -0.567. The predicted molar refractivity (Wildman–Crippen MR) is 85.2 cm³/mol. The number of halogens is 1. The van der Waals surface area contributed by atoms with Gasteiger partial charge in [0.05, 0.1) is 18.4 Å². The summed E-state index contributed by atoms with van der Waals surface area (Å²) < 4.78 is 6.50. The maximum absolute atomic E-state index is 10.2. The number of anilines is 1. The van der Waals surface area contributed by atoms with Crippen LogP contribution in [0.15, 0.2) is 53.0 Å². The Hall–Kier alpha value is -1.52. The first kappa shape index (κ1) is 14.9. The summed E-state index contributed by atoms with van der Waals surface area (Å²) in [5.74, 6) is 0.802. The highest BCUT2D eigenvalue weighted by Gasteiger charge is 2.09. The van der Waals surface area contributed by atoms with Crippen LogP contribution in [-0.4, -0.2) is 18.3 Å². The van der Waals surface area contributed by atoms with Crippen molar-refractivity contribution in [3.05, 3.63) is 58.6 Å². The lowest BCUT2D eigenvalue weighted by atomic mass is 10.1. The number of rotatable bonds is 6. The smallest absolute Gasteiger partial charge is 0.142 e. The number of aliphatic hydroxyl groups is 1. The van der Waals surface area contributed by atoms with Crippen LogP contribution in [0.4, 0.5) is 5.69 Å². The molecular weight excluding hydrogens is 318 g/mol. The molecule has 2 aromatic carbocycles. The zero-order chi connectivity index (χ0) is 14.4. The van der Waals surface area contributed by atoms with Crippen LogP contribution in [0.1, 0.15) is 18.6 Å². The maximum Gasteiger partial charge on any atom is 0.142 e. The standard InChI is InChI=1S/C16H18BrNO2/c1-2-20-16-9-4-3-8-14(16)18-11-15(19)12-6-5-7-13(17)10-12/h3-10,15,18-19H,2,11H2,1H3. The van der Waals surface area contributed by atoms with Crippen molar-refractivity contribution in [1.82, 2.24) is 0 Å². The van der Waals surface area contributed by atoms with Crippen LogP contribution in [-0.2, 0) is 0 Å². The number of ether oxygens (including phenoxy) is 1. The topological polar surface area (TPSA) is 41.5 Å². The molecule has 0 fully saturated rings. The fraction of sp³-hybridized carbons (Fsp3) is 0.250. The van der Waals surface area contributed by atoms with Gasteiger partial charge in [0, 0.05) is 11.0 Å². The highest BCUT2D eigenvalue weighted by Crippen LogP contribution is 2.25. The molecule has 106 valence electrons. The summed E-state index contributed by atoms with van der Waals surface area (Å²) in [6.45, 7) is 3.00. The van der Waals surface area contributed by atoms with Gasteiger partial charge in [0.2, 0.25) is 0 Å². The first-order valence-electron chi connectivity index (χ1n) is 6.60. The van der Waals surface area contributed by atoms with Gasteiger partial charge >= 0.3 is 0 Å². The Morgan fingerprint density at radius 3 is 2.75 bits per heavy atom. The molecule has 20 heavy (non-hydrogen) atoms. The van der Waals surface area contributed by atoms with Crippen molar-refractivity contribution in [3.8, 4) is 5.75 Å². The van der Waals surface area contributed by atoms with Crippen molar-refractivity contribution in [1.29, 1.82) is 0 Å². The molecule has 0 heterocycles. The Bertz CT molecular complexity index is 560. The van der Waals surface area contributed by atoms with Crippen LogP contribution < -0.4 is 10.1 Å². The number of aliphatic hydroxyl groups excluding tert-OH is 1. The van der Waals surface area contributed by atoms with E-state index in [1.165, 1.54) is 0 Å². The first-order chi connectivity index (χ1) is 9.70. The van der Waals surface area contributed by atoms with Crippen molar-refractivity contribution in [3.63, 3.8) is 0 Å². The Balaban J connectivity index is 2.01. The Labute approximate surface area is 127 Å². The molecule has 0 saturated carbocycles. The molecule has 0 saturated heterocycles. The lowest BCUT2D eigenvalue weighted by molar-refractivity contribution is 0.191. The SMILES string of the molecule is CCOc1ccccc1NCC(O)c1cccc(Br)c1. The van der Waals surface area contributed by atoms with Gasteiger partial charge in [-0.05, 0) is 36.8 Å². The molecular formula is C16H18BrNO2. The van der Waals surface area contributed by atoms with E-state index in [0.717, 1.165) is 21.5 Å². The van der Waals surface area contributed by atoms with E-state index >= 15 is 0 Å². The average Bonchev–Trinajstić information content (AvgIpc) is 2.46. The van der Waals surface area contributed by atoms with Gasteiger partial charge in [-0.1, -0.05) is 40.2 Å². The third-order valence-electron chi connectivity index (χ3n) is 2.91. The second-order valence-corrected chi connectivity index (χ2v) is 5.30. The molecule has 0 bridgehead atoms. The molecule has 0 amide bonds. The van der Waals surface area contributed by atoms with Crippen LogP contribution >= 0.6 is 15.9 Å². The van der Waals surface area contributed by atoms with Crippen LogP contribution in [0.5, 0.6) is 5.75 Å². The zero-order valence-electron chi connectivity index (χ0n) is 11.3. The van der Waals surface area contributed by atoms with Crippen molar-refractivity contribution in [2.75, 3.05) is 18.5 Å². The highest BCUT2D eigenvalue weighted by atomic mass is 79.9. The summed E-state index contributed by atoms with van der Waals surface area (Å²) in [7, 11) is 0. The number of benzene rings is 2. The van der Waals surface area contributed by atoms with E-state index in [4.69, 9.17) is 4.74 Å². The summed E-state index contributed by atoms with van der Waals surface area (Å²) in [6, 6.07) is 15.4. The second kappa shape index (κ2) is 7.31. The zero-order valence-corrected chi connectivity index (χ0v) is 12.9. The van der Waals surface area contributed by atoms with Crippen molar-refractivity contribution in [2.24, 2.45) is 0 Å². The molecule has 4 heteroatoms. The summed E-state index contributed by atoms with van der Waals surface area (Å²) in [5.41, 5.74) is 1.77. The fourth-order valence-corrected chi connectivity index (χ4v) is 2.35. The molecule has 2 aromatic rings. The Kier molecular flexibility index (Phi) is 5.44. The molecule has 1 unspecified atom stereocenters. The number of nitrogens with one attached hydrogen (secondary N) is 1. The van der Waals surface area contributed by atoms with Crippen LogP contribution in [0, 0.1) is 0 Å². The van der Waals surface area contributed by atoms with Gasteiger partial charge in [-0.2, -0.15) is 0 Å². The summed E-state index contributed by atoms with van der Waals surface area (Å²) in [5, 5.41) is 13.4. The Morgan fingerprint density at radius 1 is 1.20 bits per heavy atom. The minimum atomic E-state index is -0.567. The van der Waals surface area contributed by atoms with Gasteiger partial charge in [-0.25, -0.2) is 0 Å². The van der Waals surface area contributed by atoms with Gasteiger partial charge in [0.25, 0.3) is 0 Å². The van der Waals surface area contributed by atoms with E-state index in [1.54, 1.807) is 0 Å². The molecule has 0 radical (unpaired) electrons. The number of hydrogen-bond donors (Lipinski definition) is 2. The number of para-hydroxylation sites is 2. The van der Waals surface area contributed by atoms with Gasteiger partial charge in [0.15, 0.2) is 0 Å². The predicted octanol–water partition coefficient (Wildman–Crippen LogP) is 3.99. The van der Waals surface area contributed by atoms with Crippen molar-refractivity contribution >= 4 is 21.6 Å². The second-order valence-electron chi connectivity index (χ2n) is 4.38. The lowest BCUT2D eigenvalue weighted by Crippen LogP contribution is -2.12. The molecule has 0 aliphatic heterocycles. The first-order valence-corrected chi connectivity index (χ1v) is 7.39. The van der Waals surface area contributed by atoms with E-state index in [0.29, 0.717) is 13.2 Å². The average molecular weight is 336 g/mol. The molecule has 0 aliphatic carbocycles. The summed E-state index contributed by atoms with van der Waals surface area (Å²) in [4.78, 5) is 0.